The summed E-state index contributed by atoms with van der Waals surface area (Å²) in [6.45, 7) is 1.73. The minimum absolute atomic E-state index is 0.202. The molecule has 0 fully saturated rings. The Morgan fingerprint density at radius 1 is 1.31 bits per heavy atom. The Kier molecular flexibility index (Phi) is 2.70. The van der Waals surface area contributed by atoms with Gasteiger partial charge >= 0.3 is 11.9 Å². The van der Waals surface area contributed by atoms with Gasteiger partial charge in [0.15, 0.2) is 0 Å². The van der Waals surface area contributed by atoms with E-state index in [4.69, 9.17) is 10.2 Å². The van der Waals surface area contributed by atoms with Gasteiger partial charge in [0.2, 0.25) is 0 Å². The van der Waals surface area contributed by atoms with E-state index in [2.05, 4.69) is 0 Å². The highest BCUT2D eigenvalue weighted by Crippen LogP contribution is 2.30. The zero-order valence-corrected chi connectivity index (χ0v) is 7.30. The van der Waals surface area contributed by atoms with Crippen LogP contribution in [0.3, 0.4) is 0 Å². The third-order valence-electron chi connectivity index (χ3n) is 2.43. The number of aliphatic carboxylic acids is 2. The fraction of sp³-hybridized carbons (Fsp3) is 0.556. The molecule has 0 aliphatic heterocycles. The molecule has 13 heavy (non-hydrogen) atoms. The summed E-state index contributed by atoms with van der Waals surface area (Å²) in [6, 6.07) is 0. The Hall–Kier alpha value is -1.32. The highest BCUT2D eigenvalue weighted by molar-refractivity contribution is 5.81. The van der Waals surface area contributed by atoms with E-state index in [0.29, 0.717) is 6.42 Å². The number of carbonyl (C=O) groups is 2. The highest BCUT2D eigenvalue weighted by Gasteiger charge is 2.37. The van der Waals surface area contributed by atoms with Crippen LogP contribution in [0.4, 0.5) is 0 Å². The van der Waals surface area contributed by atoms with E-state index in [1.807, 2.05) is 0 Å². The number of allylic oxidation sites excluding steroid dienone is 2. The SMILES string of the molecule is C[C@H]1C=CC[C@H](C(=O)O)[C@@H]1C(=O)O. The smallest absolute Gasteiger partial charge is 0.307 e. The van der Waals surface area contributed by atoms with Crippen molar-refractivity contribution in [1.82, 2.24) is 0 Å². The molecule has 0 spiro atoms. The van der Waals surface area contributed by atoms with Gasteiger partial charge < -0.3 is 10.2 Å². The third-order valence-corrected chi connectivity index (χ3v) is 2.43. The summed E-state index contributed by atoms with van der Waals surface area (Å²) in [5.41, 5.74) is 0. The van der Waals surface area contributed by atoms with Crippen molar-refractivity contribution in [1.29, 1.82) is 0 Å². The molecule has 2 N–H and O–H groups in total. The first-order valence-electron chi connectivity index (χ1n) is 4.16. The van der Waals surface area contributed by atoms with Crippen molar-refractivity contribution < 1.29 is 19.8 Å². The molecule has 4 heteroatoms. The second-order valence-corrected chi connectivity index (χ2v) is 3.33. The molecule has 0 amide bonds. The maximum Gasteiger partial charge on any atom is 0.307 e. The van der Waals surface area contributed by atoms with Crippen LogP contribution < -0.4 is 0 Å². The molecular formula is C9H12O4. The van der Waals surface area contributed by atoms with E-state index in [-0.39, 0.29) is 5.92 Å². The Morgan fingerprint density at radius 2 is 1.92 bits per heavy atom. The van der Waals surface area contributed by atoms with Gasteiger partial charge in [-0.3, -0.25) is 9.59 Å². The minimum Gasteiger partial charge on any atom is -0.481 e. The first-order chi connectivity index (χ1) is 6.04. The van der Waals surface area contributed by atoms with E-state index in [1.165, 1.54) is 0 Å². The van der Waals surface area contributed by atoms with Crippen LogP contribution in [0.25, 0.3) is 0 Å². The van der Waals surface area contributed by atoms with Crippen LogP contribution >= 0.6 is 0 Å². The van der Waals surface area contributed by atoms with Crippen LogP contribution in [-0.4, -0.2) is 22.2 Å². The molecule has 0 heterocycles. The van der Waals surface area contributed by atoms with Gasteiger partial charge in [-0.1, -0.05) is 19.1 Å². The molecule has 0 saturated carbocycles. The summed E-state index contributed by atoms with van der Waals surface area (Å²) in [7, 11) is 0. The maximum atomic E-state index is 10.8. The molecule has 0 aromatic heterocycles. The minimum atomic E-state index is -1.02. The van der Waals surface area contributed by atoms with Gasteiger partial charge in [-0.15, -0.1) is 0 Å². The van der Waals surface area contributed by atoms with Crippen LogP contribution in [0.5, 0.6) is 0 Å². The van der Waals surface area contributed by atoms with Crippen molar-refractivity contribution in [2.24, 2.45) is 17.8 Å². The molecule has 1 aliphatic carbocycles. The van der Waals surface area contributed by atoms with E-state index in [1.54, 1.807) is 19.1 Å². The van der Waals surface area contributed by atoms with Gasteiger partial charge in [-0.25, -0.2) is 0 Å². The summed E-state index contributed by atoms with van der Waals surface area (Å²) in [4.78, 5) is 21.5. The quantitative estimate of drug-likeness (QED) is 0.627. The van der Waals surface area contributed by atoms with Gasteiger partial charge in [0, 0.05) is 0 Å². The molecule has 4 nitrogen and oxygen atoms in total. The molecule has 0 saturated heterocycles. The molecule has 0 bridgehead atoms. The second kappa shape index (κ2) is 3.60. The summed E-state index contributed by atoms with van der Waals surface area (Å²) in [6.07, 6.45) is 3.82. The zero-order chi connectivity index (χ0) is 10.0. The van der Waals surface area contributed by atoms with Crippen molar-refractivity contribution in [3.63, 3.8) is 0 Å². The lowest BCUT2D eigenvalue weighted by molar-refractivity contribution is -0.155. The molecule has 1 rings (SSSR count). The largest absolute Gasteiger partial charge is 0.481 e. The van der Waals surface area contributed by atoms with Crippen molar-refractivity contribution in [2.45, 2.75) is 13.3 Å². The lowest BCUT2D eigenvalue weighted by atomic mass is 9.77. The molecular weight excluding hydrogens is 172 g/mol. The summed E-state index contributed by atoms with van der Waals surface area (Å²) in [5, 5.41) is 17.6. The van der Waals surface area contributed by atoms with Crippen LogP contribution in [0.15, 0.2) is 12.2 Å². The van der Waals surface area contributed by atoms with Crippen molar-refractivity contribution >= 4 is 11.9 Å². The van der Waals surface area contributed by atoms with Gasteiger partial charge in [0.05, 0.1) is 11.8 Å². The van der Waals surface area contributed by atoms with Gasteiger partial charge in [0.25, 0.3) is 0 Å². The number of hydrogen-bond donors (Lipinski definition) is 2. The third kappa shape index (κ3) is 1.88. The van der Waals surface area contributed by atoms with Crippen LogP contribution in [-0.2, 0) is 9.59 Å². The van der Waals surface area contributed by atoms with E-state index in [9.17, 15) is 9.59 Å². The zero-order valence-electron chi connectivity index (χ0n) is 7.30. The molecule has 0 radical (unpaired) electrons. The number of hydrogen-bond acceptors (Lipinski definition) is 2. The number of carboxylic acids is 2. The van der Waals surface area contributed by atoms with E-state index in [0.717, 1.165) is 0 Å². The number of rotatable bonds is 2. The molecule has 0 aromatic rings. The fourth-order valence-electron chi connectivity index (χ4n) is 1.72. The predicted octanol–water partition coefficient (Wildman–Crippen LogP) is 0.984. The van der Waals surface area contributed by atoms with Crippen molar-refractivity contribution in [3.05, 3.63) is 12.2 Å². The van der Waals surface area contributed by atoms with Crippen LogP contribution in [0.1, 0.15) is 13.3 Å². The van der Waals surface area contributed by atoms with Gasteiger partial charge in [-0.05, 0) is 12.3 Å². The second-order valence-electron chi connectivity index (χ2n) is 3.33. The Balaban J connectivity index is 2.89. The average Bonchev–Trinajstić information content (AvgIpc) is 2.02. The Bertz CT molecular complexity index is 256. The molecule has 0 unspecified atom stereocenters. The van der Waals surface area contributed by atoms with Gasteiger partial charge in [-0.2, -0.15) is 0 Å². The Morgan fingerprint density at radius 3 is 2.31 bits per heavy atom. The summed E-state index contributed by atoms with van der Waals surface area (Å²) < 4.78 is 0. The molecule has 1 aliphatic rings. The standard InChI is InChI=1S/C9H12O4/c1-5-3-2-4-6(8(10)11)7(5)9(12)13/h2-3,5-7H,4H2,1H3,(H,10,11)(H,12,13)/t5-,6-,7+/m0/s1. The van der Waals surface area contributed by atoms with E-state index >= 15 is 0 Å². The fourth-order valence-corrected chi connectivity index (χ4v) is 1.72. The predicted molar refractivity (Wildman–Crippen MR) is 45.2 cm³/mol. The topological polar surface area (TPSA) is 74.6 Å². The average molecular weight is 184 g/mol. The molecule has 3 atom stereocenters. The Labute approximate surface area is 75.9 Å². The van der Waals surface area contributed by atoms with Crippen molar-refractivity contribution in [3.8, 4) is 0 Å². The molecule has 72 valence electrons. The van der Waals surface area contributed by atoms with Crippen LogP contribution in [0.2, 0.25) is 0 Å². The monoisotopic (exact) mass is 184 g/mol. The normalized spacial score (nSPS) is 32.8. The lowest BCUT2D eigenvalue weighted by Gasteiger charge is -2.26. The van der Waals surface area contributed by atoms with E-state index < -0.39 is 23.8 Å². The lowest BCUT2D eigenvalue weighted by Crippen LogP contribution is -2.35. The first kappa shape index (κ1) is 9.77. The molecule has 0 aromatic carbocycles. The van der Waals surface area contributed by atoms with Crippen molar-refractivity contribution in [2.75, 3.05) is 0 Å². The first-order valence-corrected chi connectivity index (χ1v) is 4.16. The maximum absolute atomic E-state index is 10.8. The summed E-state index contributed by atoms with van der Waals surface area (Å²) >= 11 is 0. The summed E-state index contributed by atoms with van der Waals surface area (Å²) in [5.74, 6) is -3.82. The van der Waals surface area contributed by atoms with Gasteiger partial charge in [0.1, 0.15) is 0 Å². The number of carboxylic acid groups (broad SMARTS) is 2. The van der Waals surface area contributed by atoms with Crippen LogP contribution in [0, 0.1) is 17.8 Å². The highest BCUT2D eigenvalue weighted by atomic mass is 16.4.